The van der Waals surface area contributed by atoms with E-state index in [1.807, 2.05) is 30.3 Å². The van der Waals surface area contributed by atoms with Gasteiger partial charge in [0.05, 0.1) is 5.69 Å². The summed E-state index contributed by atoms with van der Waals surface area (Å²) in [5.41, 5.74) is 3.45. The van der Waals surface area contributed by atoms with Crippen LogP contribution in [0.1, 0.15) is 17.7 Å². The smallest absolute Gasteiger partial charge is 0.325 e. The molecule has 0 radical (unpaired) electrons. The Morgan fingerprint density at radius 3 is 2.90 bits per heavy atom. The summed E-state index contributed by atoms with van der Waals surface area (Å²) in [7, 11) is 0. The molecule has 20 heavy (non-hydrogen) atoms. The molecule has 1 aromatic carbocycles. The average molecular weight is 267 g/mol. The van der Waals surface area contributed by atoms with E-state index < -0.39 is 0 Å². The van der Waals surface area contributed by atoms with Crippen LogP contribution in [0.15, 0.2) is 35.1 Å². The highest BCUT2D eigenvalue weighted by molar-refractivity contribution is 5.60. The minimum atomic E-state index is -0.263. The van der Waals surface area contributed by atoms with Crippen molar-refractivity contribution >= 4 is 17.3 Å². The summed E-state index contributed by atoms with van der Waals surface area (Å²) in [6, 6.07) is 9.69. The molecule has 100 valence electrons. The van der Waals surface area contributed by atoms with Gasteiger partial charge in [0.15, 0.2) is 5.65 Å². The first-order valence-corrected chi connectivity index (χ1v) is 6.64. The van der Waals surface area contributed by atoms with Crippen LogP contribution in [0.3, 0.4) is 0 Å². The van der Waals surface area contributed by atoms with Crippen molar-refractivity contribution in [3.63, 3.8) is 0 Å². The molecule has 6 nitrogen and oxygen atoms in total. The zero-order valence-corrected chi connectivity index (χ0v) is 10.8. The van der Waals surface area contributed by atoms with Gasteiger partial charge in [-0.05, 0) is 31.4 Å². The molecule has 0 spiro atoms. The summed E-state index contributed by atoms with van der Waals surface area (Å²) in [4.78, 5) is 16.6. The van der Waals surface area contributed by atoms with Gasteiger partial charge in [0, 0.05) is 11.3 Å². The Hall–Kier alpha value is -2.63. The monoisotopic (exact) mass is 267 g/mol. The van der Waals surface area contributed by atoms with Gasteiger partial charge in [0.2, 0.25) is 5.95 Å². The van der Waals surface area contributed by atoms with Gasteiger partial charge < -0.3 is 5.32 Å². The molecule has 0 aliphatic heterocycles. The molecule has 1 aliphatic carbocycles. The average Bonchev–Trinajstić information content (AvgIpc) is 3.07. The minimum absolute atomic E-state index is 0.263. The first-order chi connectivity index (χ1) is 9.83. The number of benzene rings is 1. The maximum atomic E-state index is 12.0. The predicted molar refractivity (Wildman–Crippen MR) is 75.4 cm³/mol. The third-order valence-corrected chi connectivity index (χ3v) is 3.61. The summed E-state index contributed by atoms with van der Waals surface area (Å²) in [5, 5.41) is 9.84. The molecule has 2 N–H and O–H groups in total. The number of para-hydroxylation sites is 1. The molecule has 0 amide bonds. The summed E-state index contributed by atoms with van der Waals surface area (Å²) < 4.78 is 1.51. The number of fused-ring (bicyclic) bond motifs is 3. The van der Waals surface area contributed by atoms with Crippen LogP contribution in [-0.4, -0.2) is 19.6 Å². The number of nitrogens with zero attached hydrogens (tertiary/aromatic N) is 3. The van der Waals surface area contributed by atoms with Crippen LogP contribution in [0, 0.1) is 0 Å². The fraction of sp³-hybridized carbons (Fsp3) is 0.214. The molecule has 2 aromatic heterocycles. The number of hydrogen-bond acceptors (Lipinski definition) is 4. The second kappa shape index (κ2) is 4.19. The van der Waals surface area contributed by atoms with Gasteiger partial charge >= 0.3 is 5.69 Å². The van der Waals surface area contributed by atoms with E-state index >= 15 is 0 Å². The quantitative estimate of drug-likeness (QED) is 0.740. The van der Waals surface area contributed by atoms with Crippen molar-refractivity contribution in [3.8, 4) is 0 Å². The molecule has 0 saturated heterocycles. The third kappa shape index (κ3) is 1.61. The van der Waals surface area contributed by atoms with Crippen LogP contribution in [-0.2, 0) is 12.8 Å². The van der Waals surface area contributed by atoms with Gasteiger partial charge in [0.25, 0.3) is 0 Å². The molecular weight excluding hydrogens is 254 g/mol. The predicted octanol–water partition coefficient (Wildman–Crippen LogP) is 1.65. The lowest BCUT2D eigenvalue weighted by molar-refractivity contribution is 0.897. The van der Waals surface area contributed by atoms with Crippen LogP contribution in [0.2, 0.25) is 0 Å². The second-order valence-electron chi connectivity index (χ2n) is 4.89. The van der Waals surface area contributed by atoms with Gasteiger partial charge in [-0.25, -0.2) is 19.3 Å². The first-order valence-electron chi connectivity index (χ1n) is 6.64. The SMILES string of the molecule is O=c1[nH]nc2c3c(nc(Nc4ccccc4)n12)CCC3. The maximum absolute atomic E-state index is 12.0. The van der Waals surface area contributed by atoms with Crippen LogP contribution >= 0.6 is 0 Å². The van der Waals surface area contributed by atoms with E-state index in [9.17, 15) is 4.79 Å². The molecule has 0 atom stereocenters. The Bertz CT molecular complexity index is 834. The topological polar surface area (TPSA) is 75.1 Å². The van der Waals surface area contributed by atoms with Gasteiger partial charge in [-0.1, -0.05) is 18.2 Å². The van der Waals surface area contributed by atoms with E-state index in [0.717, 1.165) is 36.2 Å². The van der Waals surface area contributed by atoms with Crippen molar-refractivity contribution in [2.75, 3.05) is 5.32 Å². The zero-order valence-electron chi connectivity index (χ0n) is 10.8. The van der Waals surface area contributed by atoms with Crippen molar-refractivity contribution in [2.24, 2.45) is 0 Å². The number of H-pyrrole nitrogens is 1. The van der Waals surface area contributed by atoms with Crippen molar-refractivity contribution in [1.82, 2.24) is 19.6 Å². The third-order valence-electron chi connectivity index (χ3n) is 3.61. The van der Waals surface area contributed by atoms with Crippen molar-refractivity contribution in [1.29, 1.82) is 0 Å². The van der Waals surface area contributed by atoms with E-state index in [1.54, 1.807) is 0 Å². The molecule has 0 saturated carbocycles. The maximum Gasteiger partial charge on any atom is 0.350 e. The Balaban J connectivity index is 1.93. The minimum Gasteiger partial charge on any atom is -0.325 e. The molecule has 0 bridgehead atoms. The van der Waals surface area contributed by atoms with E-state index in [0.29, 0.717) is 11.6 Å². The van der Waals surface area contributed by atoms with Crippen molar-refractivity contribution in [2.45, 2.75) is 19.3 Å². The van der Waals surface area contributed by atoms with E-state index in [4.69, 9.17) is 0 Å². The molecule has 0 unspecified atom stereocenters. The zero-order chi connectivity index (χ0) is 13.5. The molecule has 6 heteroatoms. The van der Waals surface area contributed by atoms with E-state index in [1.165, 1.54) is 4.40 Å². The second-order valence-corrected chi connectivity index (χ2v) is 4.89. The standard InChI is InChI=1S/C14H13N5O/c20-14-18-17-12-10-7-4-8-11(10)16-13(19(12)14)15-9-5-2-1-3-6-9/h1-3,5-6H,4,7-8H2,(H,15,16)(H,18,20). The van der Waals surface area contributed by atoms with Crippen LogP contribution in [0.4, 0.5) is 11.6 Å². The van der Waals surface area contributed by atoms with E-state index in [-0.39, 0.29) is 5.69 Å². The Morgan fingerprint density at radius 2 is 2.05 bits per heavy atom. The summed E-state index contributed by atoms with van der Waals surface area (Å²) >= 11 is 0. The van der Waals surface area contributed by atoms with Gasteiger partial charge in [0.1, 0.15) is 0 Å². The number of aromatic nitrogens is 4. The number of nitrogens with one attached hydrogen (secondary N) is 2. The summed E-state index contributed by atoms with van der Waals surface area (Å²) in [6.45, 7) is 0. The Labute approximate surface area is 114 Å². The number of aryl methyl sites for hydroxylation is 2. The molecule has 2 heterocycles. The molecule has 3 aromatic rings. The lowest BCUT2D eigenvalue weighted by atomic mass is 10.2. The fourth-order valence-electron chi connectivity index (χ4n) is 2.70. The lowest BCUT2D eigenvalue weighted by Crippen LogP contribution is -2.15. The summed E-state index contributed by atoms with van der Waals surface area (Å²) in [5.74, 6) is 0.519. The molecule has 0 fully saturated rings. The lowest BCUT2D eigenvalue weighted by Gasteiger charge is -2.09. The Kier molecular flexibility index (Phi) is 2.35. The fourth-order valence-corrected chi connectivity index (χ4v) is 2.70. The van der Waals surface area contributed by atoms with Gasteiger partial charge in [-0.15, -0.1) is 0 Å². The normalized spacial score (nSPS) is 13.6. The van der Waals surface area contributed by atoms with Gasteiger partial charge in [-0.3, -0.25) is 0 Å². The highest BCUT2D eigenvalue weighted by atomic mass is 16.1. The molecule has 1 aliphatic rings. The van der Waals surface area contributed by atoms with Gasteiger partial charge in [-0.2, -0.15) is 5.10 Å². The first kappa shape index (κ1) is 11.2. The van der Waals surface area contributed by atoms with Crippen molar-refractivity contribution in [3.05, 3.63) is 52.1 Å². The van der Waals surface area contributed by atoms with Crippen LogP contribution in [0.25, 0.3) is 5.65 Å². The van der Waals surface area contributed by atoms with E-state index in [2.05, 4.69) is 20.5 Å². The highest BCUT2D eigenvalue weighted by Gasteiger charge is 2.21. The number of rotatable bonds is 2. The van der Waals surface area contributed by atoms with Crippen molar-refractivity contribution < 1.29 is 0 Å². The molecule has 4 rings (SSSR count). The number of aromatic amines is 1. The largest absolute Gasteiger partial charge is 0.350 e. The summed E-state index contributed by atoms with van der Waals surface area (Å²) in [6.07, 6.45) is 2.94. The number of anilines is 2. The highest BCUT2D eigenvalue weighted by Crippen LogP contribution is 2.26. The number of hydrogen-bond donors (Lipinski definition) is 2. The van der Waals surface area contributed by atoms with Crippen LogP contribution < -0.4 is 11.0 Å². The van der Waals surface area contributed by atoms with Crippen LogP contribution in [0.5, 0.6) is 0 Å². The molecular formula is C14H13N5O. The Morgan fingerprint density at radius 1 is 1.20 bits per heavy atom.